The summed E-state index contributed by atoms with van der Waals surface area (Å²) >= 11 is 3.10. The monoisotopic (exact) mass is 414 g/mol. The van der Waals surface area contributed by atoms with Gasteiger partial charge in [0.25, 0.3) is 5.91 Å². The topological polar surface area (TPSA) is 51.7 Å². The Morgan fingerprint density at radius 2 is 2.21 bits per heavy atom. The fraction of sp³-hybridized carbons (Fsp3) is 0.333. The first-order valence-corrected chi connectivity index (χ1v) is 11.2. The molecule has 1 aliphatic rings. The Bertz CT molecular complexity index is 983. The highest BCUT2D eigenvalue weighted by molar-refractivity contribution is 7.98. The molecule has 1 atom stereocenters. The van der Waals surface area contributed by atoms with Gasteiger partial charge in [-0.25, -0.2) is 4.98 Å². The van der Waals surface area contributed by atoms with Crippen molar-refractivity contribution in [1.82, 2.24) is 4.98 Å². The van der Waals surface area contributed by atoms with Crippen molar-refractivity contribution in [3.8, 4) is 5.75 Å². The molecule has 1 fully saturated rings. The van der Waals surface area contributed by atoms with Crippen LogP contribution < -0.4 is 9.64 Å². The molecule has 5 nitrogen and oxygen atoms in total. The van der Waals surface area contributed by atoms with Crippen molar-refractivity contribution in [3.63, 3.8) is 0 Å². The molecule has 1 unspecified atom stereocenters. The summed E-state index contributed by atoms with van der Waals surface area (Å²) in [5, 5.41) is 0.694. The van der Waals surface area contributed by atoms with Gasteiger partial charge in [0, 0.05) is 17.6 Å². The quantitative estimate of drug-likeness (QED) is 0.540. The number of anilines is 1. The van der Waals surface area contributed by atoms with Crippen LogP contribution >= 0.6 is 23.1 Å². The van der Waals surface area contributed by atoms with Crippen molar-refractivity contribution in [2.45, 2.75) is 23.8 Å². The Morgan fingerprint density at radius 1 is 1.36 bits per heavy atom. The molecule has 7 heteroatoms. The van der Waals surface area contributed by atoms with Gasteiger partial charge in [-0.05, 0) is 43.4 Å². The smallest absolute Gasteiger partial charge is 0.261 e. The van der Waals surface area contributed by atoms with E-state index >= 15 is 0 Å². The highest BCUT2D eigenvalue weighted by atomic mass is 32.2. The molecule has 2 aromatic carbocycles. The number of amides is 1. The van der Waals surface area contributed by atoms with Crippen LogP contribution in [0.2, 0.25) is 0 Å². The summed E-state index contributed by atoms with van der Waals surface area (Å²) < 4.78 is 12.2. The number of thiazole rings is 1. The number of fused-ring (bicyclic) bond motifs is 1. The van der Waals surface area contributed by atoms with Gasteiger partial charge in [-0.3, -0.25) is 9.69 Å². The number of thioether (sulfide) groups is 1. The largest absolute Gasteiger partial charge is 0.497 e. The van der Waals surface area contributed by atoms with E-state index in [9.17, 15) is 4.79 Å². The van der Waals surface area contributed by atoms with Crippen molar-refractivity contribution in [2.24, 2.45) is 0 Å². The molecule has 146 valence electrons. The molecule has 0 bridgehead atoms. The van der Waals surface area contributed by atoms with Gasteiger partial charge in [0.05, 0.1) is 35.5 Å². The number of carbonyl (C=O) groups is 1. The van der Waals surface area contributed by atoms with Crippen LogP contribution in [-0.4, -0.2) is 43.5 Å². The van der Waals surface area contributed by atoms with Crippen LogP contribution in [0.15, 0.2) is 47.4 Å². The average Bonchev–Trinajstić information content (AvgIpc) is 3.40. The zero-order valence-electron chi connectivity index (χ0n) is 15.9. The standard InChI is InChI=1S/C21H22N2O3S2/c1-25-14-9-10-19-17(12-14)22-21(28-19)23(13-15-6-5-11-26-15)20(24)16-7-3-4-8-18(16)27-2/h3-4,7-10,12,15H,5-6,11,13H2,1-2H3. The summed E-state index contributed by atoms with van der Waals surface area (Å²) in [4.78, 5) is 21.0. The number of hydrogen-bond donors (Lipinski definition) is 0. The number of hydrogen-bond acceptors (Lipinski definition) is 6. The zero-order chi connectivity index (χ0) is 19.5. The summed E-state index contributed by atoms with van der Waals surface area (Å²) in [5.74, 6) is 0.723. The summed E-state index contributed by atoms with van der Waals surface area (Å²) in [6, 6.07) is 13.5. The number of aromatic nitrogens is 1. The fourth-order valence-corrected chi connectivity index (χ4v) is 4.89. The van der Waals surface area contributed by atoms with Crippen LogP contribution in [0.25, 0.3) is 10.2 Å². The maximum Gasteiger partial charge on any atom is 0.261 e. The Hall–Kier alpha value is -2.09. The first-order chi connectivity index (χ1) is 13.7. The normalized spacial score (nSPS) is 16.4. The minimum absolute atomic E-state index is 0.0357. The lowest BCUT2D eigenvalue weighted by molar-refractivity contribution is 0.0915. The lowest BCUT2D eigenvalue weighted by Gasteiger charge is -2.24. The predicted octanol–water partition coefficient (Wildman–Crippen LogP) is 4.85. The number of methoxy groups -OCH3 is 1. The van der Waals surface area contributed by atoms with E-state index in [2.05, 4.69) is 0 Å². The van der Waals surface area contributed by atoms with E-state index in [1.165, 1.54) is 11.3 Å². The lowest BCUT2D eigenvalue weighted by atomic mass is 10.1. The van der Waals surface area contributed by atoms with Gasteiger partial charge in [-0.1, -0.05) is 23.5 Å². The second-order valence-electron chi connectivity index (χ2n) is 6.58. The molecule has 2 heterocycles. The highest BCUT2D eigenvalue weighted by Crippen LogP contribution is 2.33. The molecule has 1 amide bonds. The van der Waals surface area contributed by atoms with E-state index in [1.54, 1.807) is 23.8 Å². The second kappa shape index (κ2) is 8.51. The second-order valence-corrected chi connectivity index (χ2v) is 8.44. The Kier molecular flexibility index (Phi) is 5.85. The molecule has 3 aromatic rings. The number of ether oxygens (including phenoxy) is 2. The molecule has 1 aliphatic heterocycles. The van der Waals surface area contributed by atoms with Crippen LogP contribution in [0.3, 0.4) is 0 Å². The Balaban J connectivity index is 1.73. The molecule has 1 aromatic heterocycles. The summed E-state index contributed by atoms with van der Waals surface area (Å²) in [5.41, 5.74) is 1.53. The molecule has 0 saturated carbocycles. The number of benzene rings is 2. The highest BCUT2D eigenvalue weighted by Gasteiger charge is 2.28. The molecule has 0 aliphatic carbocycles. The summed E-state index contributed by atoms with van der Waals surface area (Å²) in [6.45, 7) is 1.27. The van der Waals surface area contributed by atoms with Gasteiger partial charge in [0.1, 0.15) is 5.75 Å². The molecule has 0 spiro atoms. The van der Waals surface area contributed by atoms with Crippen molar-refractivity contribution in [3.05, 3.63) is 48.0 Å². The molecule has 4 rings (SSSR count). The third-order valence-corrected chi connectivity index (χ3v) is 6.66. The van der Waals surface area contributed by atoms with E-state index in [4.69, 9.17) is 14.5 Å². The lowest BCUT2D eigenvalue weighted by Crippen LogP contribution is -2.37. The van der Waals surface area contributed by atoms with Crippen molar-refractivity contribution in [1.29, 1.82) is 0 Å². The molecule has 1 saturated heterocycles. The molecular weight excluding hydrogens is 392 g/mol. The minimum atomic E-state index is -0.0357. The number of nitrogens with zero attached hydrogens (tertiary/aromatic N) is 2. The van der Waals surface area contributed by atoms with Gasteiger partial charge >= 0.3 is 0 Å². The summed E-state index contributed by atoms with van der Waals surface area (Å²) in [7, 11) is 1.64. The maximum absolute atomic E-state index is 13.5. The van der Waals surface area contributed by atoms with Crippen LogP contribution in [0.5, 0.6) is 5.75 Å². The van der Waals surface area contributed by atoms with Gasteiger partial charge in [-0.2, -0.15) is 0 Å². The van der Waals surface area contributed by atoms with Gasteiger partial charge in [0.15, 0.2) is 5.13 Å². The third-order valence-electron chi connectivity index (χ3n) is 4.81. The fourth-order valence-electron chi connectivity index (χ4n) is 3.34. The van der Waals surface area contributed by atoms with E-state index in [0.717, 1.165) is 40.3 Å². The first kappa shape index (κ1) is 19.2. The van der Waals surface area contributed by atoms with E-state index in [-0.39, 0.29) is 12.0 Å². The minimum Gasteiger partial charge on any atom is -0.497 e. The SMILES string of the molecule is COc1ccc2sc(N(CC3CCCO3)C(=O)c3ccccc3SC)nc2c1. The van der Waals surface area contributed by atoms with Gasteiger partial charge in [-0.15, -0.1) is 11.8 Å². The van der Waals surface area contributed by atoms with Crippen molar-refractivity contribution >= 4 is 44.4 Å². The van der Waals surface area contributed by atoms with Crippen LogP contribution in [0.4, 0.5) is 5.13 Å². The van der Waals surface area contributed by atoms with Gasteiger partial charge in [0.2, 0.25) is 0 Å². The maximum atomic E-state index is 13.5. The van der Waals surface area contributed by atoms with Crippen LogP contribution in [0, 0.1) is 0 Å². The third kappa shape index (κ3) is 3.87. The zero-order valence-corrected chi connectivity index (χ0v) is 17.5. The molecule has 0 N–H and O–H groups in total. The Labute approximate surface area is 172 Å². The van der Waals surface area contributed by atoms with Crippen LogP contribution in [0.1, 0.15) is 23.2 Å². The molecule has 28 heavy (non-hydrogen) atoms. The summed E-state index contributed by atoms with van der Waals surface area (Å²) in [6.07, 6.45) is 4.03. The number of carbonyl (C=O) groups excluding carboxylic acids is 1. The first-order valence-electron chi connectivity index (χ1n) is 9.20. The van der Waals surface area contributed by atoms with Crippen molar-refractivity contribution < 1.29 is 14.3 Å². The van der Waals surface area contributed by atoms with Gasteiger partial charge < -0.3 is 9.47 Å². The van der Waals surface area contributed by atoms with E-state index in [0.29, 0.717) is 17.2 Å². The van der Waals surface area contributed by atoms with E-state index in [1.807, 2.05) is 48.7 Å². The number of rotatable bonds is 6. The molecular formula is C21H22N2O3S2. The molecule has 0 radical (unpaired) electrons. The predicted molar refractivity (Wildman–Crippen MR) is 115 cm³/mol. The van der Waals surface area contributed by atoms with E-state index < -0.39 is 0 Å². The Morgan fingerprint density at radius 3 is 2.96 bits per heavy atom. The van der Waals surface area contributed by atoms with Crippen molar-refractivity contribution in [2.75, 3.05) is 31.4 Å². The average molecular weight is 415 g/mol. The van der Waals surface area contributed by atoms with Crippen LogP contribution in [-0.2, 0) is 4.74 Å².